The highest BCUT2D eigenvalue weighted by Gasteiger charge is 2.22. The Balaban J connectivity index is 1.79. The number of unbranched alkanes of at least 4 members (excludes halogenated alkanes) is 2. The second-order valence-corrected chi connectivity index (χ2v) is 9.79. The van der Waals surface area contributed by atoms with Crippen molar-refractivity contribution >= 4 is 15.1 Å². The summed E-state index contributed by atoms with van der Waals surface area (Å²) in [4.78, 5) is 10.5. The molecule has 1 aliphatic heterocycles. The van der Waals surface area contributed by atoms with Crippen LogP contribution in [0.2, 0.25) is 18.1 Å². The molecule has 1 aliphatic rings. The van der Waals surface area contributed by atoms with Crippen LogP contribution in [0.5, 0.6) is 0 Å². The minimum Gasteiger partial charge on any atom is -0.303 e. The standard InChI is InChI=1S/C18H28OSi/c1-2-3-4-13-20-14-10-18(11-15-20)17-7-5-16(6-8-17)9-12-19/h5-8,12,18,20H,2-4,9-11,13-15H2,1H3. The van der Waals surface area contributed by atoms with Crippen molar-refractivity contribution in [1.82, 2.24) is 0 Å². The van der Waals surface area contributed by atoms with Crippen LogP contribution in [0.25, 0.3) is 0 Å². The topological polar surface area (TPSA) is 17.1 Å². The quantitative estimate of drug-likeness (QED) is 0.403. The van der Waals surface area contributed by atoms with Crippen molar-refractivity contribution in [1.29, 1.82) is 0 Å². The number of hydrogen-bond acceptors (Lipinski definition) is 1. The van der Waals surface area contributed by atoms with Crippen LogP contribution in [-0.2, 0) is 11.2 Å². The van der Waals surface area contributed by atoms with Crippen molar-refractivity contribution < 1.29 is 4.79 Å². The van der Waals surface area contributed by atoms with Gasteiger partial charge in [0.05, 0.1) is 0 Å². The summed E-state index contributed by atoms with van der Waals surface area (Å²) in [7, 11) is -0.387. The Morgan fingerprint density at radius 1 is 1.15 bits per heavy atom. The van der Waals surface area contributed by atoms with Crippen LogP contribution in [0, 0.1) is 0 Å². The van der Waals surface area contributed by atoms with Crippen LogP contribution >= 0.6 is 0 Å². The van der Waals surface area contributed by atoms with E-state index >= 15 is 0 Å². The number of aldehydes is 1. The normalized spacial score (nSPS) is 22.6. The highest BCUT2D eigenvalue weighted by atomic mass is 28.3. The van der Waals surface area contributed by atoms with E-state index in [1.54, 1.807) is 18.1 Å². The molecule has 0 unspecified atom stereocenters. The number of benzene rings is 1. The summed E-state index contributed by atoms with van der Waals surface area (Å²) in [6.45, 7) is 2.30. The maximum atomic E-state index is 10.5. The van der Waals surface area contributed by atoms with Gasteiger partial charge < -0.3 is 4.79 Å². The second-order valence-electron chi connectivity index (χ2n) is 6.33. The van der Waals surface area contributed by atoms with E-state index in [0.717, 1.165) is 17.8 Å². The second kappa shape index (κ2) is 8.41. The highest BCUT2D eigenvalue weighted by molar-refractivity contribution is 6.59. The molecule has 0 N–H and O–H groups in total. The molecule has 0 aliphatic carbocycles. The fraction of sp³-hybridized carbons (Fsp3) is 0.611. The van der Waals surface area contributed by atoms with Gasteiger partial charge in [-0.3, -0.25) is 0 Å². The first kappa shape index (κ1) is 15.5. The van der Waals surface area contributed by atoms with Gasteiger partial charge in [-0.1, -0.05) is 68.6 Å². The van der Waals surface area contributed by atoms with Gasteiger partial charge in [0.2, 0.25) is 0 Å². The van der Waals surface area contributed by atoms with Gasteiger partial charge >= 0.3 is 0 Å². The zero-order valence-electron chi connectivity index (χ0n) is 12.8. The average Bonchev–Trinajstić information content (AvgIpc) is 2.49. The lowest BCUT2D eigenvalue weighted by atomic mass is 9.92. The maximum Gasteiger partial charge on any atom is 0.124 e. The van der Waals surface area contributed by atoms with Gasteiger partial charge in [0.25, 0.3) is 0 Å². The molecule has 110 valence electrons. The Morgan fingerprint density at radius 2 is 1.85 bits per heavy atom. The minimum atomic E-state index is -0.387. The fourth-order valence-corrected chi connectivity index (χ4v) is 6.97. The first-order chi connectivity index (χ1) is 9.83. The van der Waals surface area contributed by atoms with E-state index in [2.05, 4.69) is 31.2 Å². The lowest BCUT2D eigenvalue weighted by Gasteiger charge is -2.28. The fourth-order valence-electron chi connectivity index (χ4n) is 3.49. The van der Waals surface area contributed by atoms with E-state index in [-0.39, 0.29) is 8.80 Å². The first-order valence-corrected chi connectivity index (χ1v) is 10.8. The highest BCUT2D eigenvalue weighted by Crippen LogP contribution is 2.35. The number of rotatable bonds is 7. The van der Waals surface area contributed by atoms with E-state index < -0.39 is 0 Å². The summed E-state index contributed by atoms with van der Waals surface area (Å²) in [5, 5.41) is 0. The monoisotopic (exact) mass is 288 g/mol. The number of hydrogen-bond donors (Lipinski definition) is 0. The van der Waals surface area contributed by atoms with Crippen molar-refractivity contribution in [3.8, 4) is 0 Å². The summed E-state index contributed by atoms with van der Waals surface area (Å²) in [5.41, 5.74) is 2.65. The van der Waals surface area contributed by atoms with Gasteiger partial charge in [-0.2, -0.15) is 0 Å². The van der Waals surface area contributed by atoms with E-state index in [1.807, 2.05) is 0 Å². The molecule has 2 rings (SSSR count). The number of carbonyl (C=O) groups excluding carboxylic acids is 1. The third-order valence-corrected chi connectivity index (χ3v) is 8.36. The number of carbonyl (C=O) groups is 1. The van der Waals surface area contributed by atoms with Crippen molar-refractivity contribution in [2.45, 2.75) is 69.5 Å². The molecule has 1 aromatic carbocycles. The molecule has 0 aromatic heterocycles. The Bertz CT molecular complexity index is 390. The molecule has 0 spiro atoms. The summed E-state index contributed by atoms with van der Waals surface area (Å²) in [6.07, 6.45) is 8.64. The average molecular weight is 289 g/mol. The predicted molar refractivity (Wildman–Crippen MR) is 89.3 cm³/mol. The molecular formula is C18H28OSi. The third-order valence-electron chi connectivity index (χ3n) is 4.83. The van der Waals surface area contributed by atoms with Gasteiger partial charge in [0.15, 0.2) is 0 Å². The van der Waals surface area contributed by atoms with Crippen LogP contribution in [-0.4, -0.2) is 15.1 Å². The van der Waals surface area contributed by atoms with E-state index in [0.29, 0.717) is 6.42 Å². The predicted octanol–water partition coefficient (Wildman–Crippen LogP) is 4.72. The molecule has 0 saturated carbocycles. The van der Waals surface area contributed by atoms with Crippen LogP contribution in [0.15, 0.2) is 24.3 Å². The van der Waals surface area contributed by atoms with Crippen molar-refractivity contribution in [3.63, 3.8) is 0 Å². The Morgan fingerprint density at radius 3 is 2.45 bits per heavy atom. The van der Waals surface area contributed by atoms with E-state index in [4.69, 9.17) is 0 Å². The molecule has 1 nitrogen and oxygen atoms in total. The zero-order chi connectivity index (χ0) is 14.2. The van der Waals surface area contributed by atoms with Gasteiger partial charge in [-0.05, 0) is 29.9 Å². The first-order valence-electron chi connectivity index (χ1n) is 8.36. The molecular weight excluding hydrogens is 260 g/mol. The smallest absolute Gasteiger partial charge is 0.124 e. The van der Waals surface area contributed by atoms with Gasteiger partial charge in [0, 0.05) is 15.2 Å². The molecule has 0 bridgehead atoms. The van der Waals surface area contributed by atoms with Crippen molar-refractivity contribution in [2.75, 3.05) is 0 Å². The minimum absolute atomic E-state index is 0.387. The molecule has 20 heavy (non-hydrogen) atoms. The van der Waals surface area contributed by atoms with Gasteiger partial charge in [0.1, 0.15) is 6.29 Å². The van der Waals surface area contributed by atoms with Crippen LogP contribution < -0.4 is 0 Å². The molecule has 1 heterocycles. The largest absolute Gasteiger partial charge is 0.303 e. The third kappa shape index (κ3) is 4.59. The maximum absolute atomic E-state index is 10.5. The summed E-state index contributed by atoms with van der Waals surface area (Å²) in [6, 6.07) is 13.4. The van der Waals surface area contributed by atoms with Crippen molar-refractivity contribution in [2.24, 2.45) is 0 Å². The van der Waals surface area contributed by atoms with Gasteiger partial charge in [-0.25, -0.2) is 0 Å². The lowest BCUT2D eigenvalue weighted by Crippen LogP contribution is -2.20. The summed E-state index contributed by atoms with van der Waals surface area (Å²) >= 11 is 0. The Kier molecular flexibility index (Phi) is 6.51. The summed E-state index contributed by atoms with van der Waals surface area (Å²) < 4.78 is 0. The molecule has 0 atom stereocenters. The molecule has 0 amide bonds. The molecule has 1 aromatic rings. The van der Waals surface area contributed by atoms with Gasteiger partial charge in [-0.15, -0.1) is 0 Å². The Hall–Kier alpha value is -0.893. The SMILES string of the molecule is CCCCC[SiH]1CCC(c2ccc(CC=O)cc2)CC1. The molecule has 0 radical (unpaired) electrons. The zero-order valence-corrected chi connectivity index (χ0v) is 14.0. The van der Waals surface area contributed by atoms with Crippen LogP contribution in [0.3, 0.4) is 0 Å². The Labute approximate surface area is 125 Å². The van der Waals surface area contributed by atoms with Crippen LogP contribution in [0.4, 0.5) is 0 Å². The molecule has 2 heteroatoms. The summed E-state index contributed by atoms with van der Waals surface area (Å²) in [5.74, 6) is 0.787. The van der Waals surface area contributed by atoms with E-state index in [1.165, 1.54) is 37.7 Å². The molecule has 1 fully saturated rings. The van der Waals surface area contributed by atoms with E-state index in [9.17, 15) is 4.79 Å². The molecule has 1 saturated heterocycles. The van der Waals surface area contributed by atoms with Crippen molar-refractivity contribution in [3.05, 3.63) is 35.4 Å². The lowest BCUT2D eigenvalue weighted by molar-refractivity contribution is -0.107. The van der Waals surface area contributed by atoms with Crippen LogP contribution in [0.1, 0.15) is 56.1 Å².